The van der Waals surface area contributed by atoms with Crippen molar-refractivity contribution < 1.29 is 9.90 Å². The fraction of sp³-hybridized carbons (Fsp3) is 0.400. The van der Waals surface area contributed by atoms with Crippen molar-refractivity contribution in [2.45, 2.75) is 26.8 Å². The summed E-state index contributed by atoms with van der Waals surface area (Å²) in [7, 11) is 0. The van der Waals surface area contributed by atoms with Crippen LogP contribution >= 0.6 is 0 Å². The smallest absolute Gasteiger partial charge is 0.220 e. The average Bonchev–Trinajstić information content (AvgIpc) is 2.33. The van der Waals surface area contributed by atoms with E-state index in [9.17, 15) is 4.79 Å². The van der Waals surface area contributed by atoms with Crippen molar-refractivity contribution >= 4 is 5.91 Å². The molecule has 0 radical (unpaired) electrons. The van der Waals surface area contributed by atoms with Crippen molar-refractivity contribution in [1.82, 2.24) is 5.32 Å². The second-order valence-corrected chi connectivity index (χ2v) is 4.53. The third-order valence-electron chi connectivity index (χ3n) is 2.32. The first-order chi connectivity index (χ1) is 8.61. The lowest BCUT2D eigenvalue weighted by atomic mass is 10.1. The zero-order chi connectivity index (χ0) is 13.4. The van der Waals surface area contributed by atoms with Gasteiger partial charge in [0.25, 0.3) is 0 Å². The summed E-state index contributed by atoms with van der Waals surface area (Å²) >= 11 is 0. The molecule has 18 heavy (non-hydrogen) atoms. The molecule has 0 heterocycles. The van der Waals surface area contributed by atoms with Gasteiger partial charge in [-0.25, -0.2) is 0 Å². The highest BCUT2D eigenvalue weighted by atomic mass is 16.2. The predicted molar refractivity (Wildman–Crippen MR) is 71.7 cm³/mol. The third-order valence-corrected chi connectivity index (χ3v) is 2.32. The molecule has 0 bridgehead atoms. The maximum absolute atomic E-state index is 11.5. The van der Waals surface area contributed by atoms with E-state index >= 15 is 0 Å². The summed E-state index contributed by atoms with van der Waals surface area (Å²) in [6.45, 7) is 4.41. The predicted octanol–water partition coefficient (Wildman–Crippen LogP) is 1.69. The molecule has 0 unspecified atom stereocenters. The Bertz CT molecular complexity index is 455. The maximum atomic E-state index is 11.5. The van der Waals surface area contributed by atoms with E-state index in [1.54, 1.807) is 0 Å². The molecule has 0 saturated carbocycles. The minimum absolute atomic E-state index is 0.0665. The Hall–Kier alpha value is -1.79. The van der Waals surface area contributed by atoms with Gasteiger partial charge >= 0.3 is 0 Å². The van der Waals surface area contributed by atoms with E-state index in [-0.39, 0.29) is 12.5 Å². The molecule has 1 amide bonds. The van der Waals surface area contributed by atoms with E-state index in [4.69, 9.17) is 5.11 Å². The van der Waals surface area contributed by atoms with Gasteiger partial charge in [0.05, 0.1) is 0 Å². The number of amides is 1. The van der Waals surface area contributed by atoms with Crippen molar-refractivity contribution in [3.05, 3.63) is 35.4 Å². The van der Waals surface area contributed by atoms with Crippen LogP contribution in [-0.2, 0) is 11.3 Å². The lowest BCUT2D eigenvalue weighted by Crippen LogP contribution is -2.23. The van der Waals surface area contributed by atoms with E-state index in [2.05, 4.69) is 17.2 Å². The molecule has 0 atom stereocenters. The summed E-state index contributed by atoms with van der Waals surface area (Å²) in [5.41, 5.74) is 1.86. The molecular weight excluding hydrogens is 226 g/mol. The number of carbonyl (C=O) groups is 1. The molecule has 0 fully saturated rings. The Morgan fingerprint density at radius 3 is 2.89 bits per heavy atom. The molecule has 1 rings (SSSR count). The number of benzene rings is 1. The summed E-state index contributed by atoms with van der Waals surface area (Å²) in [5, 5.41) is 11.5. The van der Waals surface area contributed by atoms with E-state index in [0.29, 0.717) is 18.9 Å². The van der Waals surface area contributed by atoms with Crippen LogP contribution in [0.3, 0.4) is 0 Å². The Balaban J connectivity index is 2.55. The van der Waals surface area contributed by atoms with Crippen molar-refractivity contribution in [2.75, 3.05) is 6.61 Å². The van der Waals surface area contributed by atoms with Gasteiger partial charge < -0.3 is 10.4 Å². The standard InChI is InChI=1S/C15H19NO2/c1-12(2)9-15(18)16-11-14-6-3-5-13(10-14)7-4-8-17/h3,5-6,10,12,17H,8-9,11H2,1-2H3,(H,16,18). The first kappa shape index (κ1) is 14.3. The third kappa shape index (κ3) is 5.51. The van der Waals surface area contributed by atoms with Crippen LogP contribution in [0.25, 0.3) is 0 Å². The van der Waals surface area contributed by atoms with Gasteiger partial charge in [-0.1, -0.05) is 37.8 Å². The van der Waals surface area contributed by atoms with Crippen LogP contribution < -0.4 is 5.32 Å². The molecule has 1 aromatic carbocycles. The van der Waals surface area contributed by atoms with Gasteiger partial charge in [0.2, 0.25) is 5.91 Å². The highest BCUT2D eigenvalue weighted by Crippen LogP contribution is 2.05. The molecular formula is C15H19NO2. The normalized spacial score (nSPS) is 9.78. The lowest BCUT2D eigenvalue weighted by molar-refractivity contribution is -0.121. The molecule has 0 saturated heterocycles. The first-order valence-electron chi connectivity index (χ1n) is 6.07. The number of carbonyl (C=O) groups excluding carboxylic acids is 1. The molecule has 0 aliphatic carbocycles. The molecule has 3 nitrogen and oxygen atoms in total. The Morgan fingerprint density at radius 1 is 1.44 bits per heavy atom. The lowest BCUT2D eigenvalue weighted by Gasteiger charge is -2.07. The average molecular weight is 245 g/mol. The summed E-state index contributed by atoms with van der Waals surface area (Å²) in [5.74, 6) is 5.88. The summed E-state index contributed by atoms with van der Waals surface area (Å²) in [4.78, 5) is 11.5. The number of aliphatic hydroxyl groups excluding tert-OH is 1. The van der Waals surface area contributed by atoms with Crippen LogP contribution in [0, 0.1) is 17.8 Å². The van der Waals surface area contributed by atoms with Gasteiger partial charge in [0, 0.05) is 18.5 Å². The molecule has 0 aliphatic heterocycles. The summed E-state index contributed by atoms with van der Waals surface area (Å²) in [6, 6.07) is 7.63. The van der Waals surface area contributed by atoms with Gasteiger partial charge in [0.15, 0.2) is 0 Å². The van der Waals surface area contributed by atoms with Gasteiger partial charge in [-0.05, 0) is 23.6 Å². The van der Waals surface area contributed by atoms with Gasteiger partial charge in [0.1, 0.15) is 6.61 Å². The summed E-state index contributed by atoms with van der Waals surface area (Å²) < 4.78 is 0. The minimum Gasteiger partial charge on any atom is -0.384 e. The molecule has 0 spiro atoms. The van der Waals surface area contributed by atoms with E-state index in [1.165, 1.54) is 0 Å². The Kier molecular flexibility index (Phi) is 5.96. The number of aliphatic hydroxyl groups is 1. The quantitative estimate of drug-likeness (QED) is 0.793. The fourth-order valence-electron chi connectivity index (χ4n) is 1.54. The van der Waals surface area contributed by atoms with E-state index < -0.39 is 0 Å². The highest BCUT2D eigenvalue weighted by molar-refractivity contribution is 5.76. The second kappa shape index (κ2) is 7.52. The van der Waals surface area contributed by atoms with E-state index in [1.807, 2.05) is 38.1 Å². The van der Waals surface area contributed by atoms with Crippen molar-refractivity contribution in [3.63, 3.8) is 0 Å². The van der Waals surface area contributed by atoms with Crippen LogP contribution in [0.15, 0.2) is 24.3 Å². The first-order valence-corrected chi connectivity index (χ1v) is 6.07. The molecule has 96 valence electrons. The van der Waals surface area contributed by atoms with Gasteiger partial charge in [-0.15, -0.1) is 0 Å². The van der Waals surface area contributed by atoms with Crippen LogP contribution in [-0.4, -0.2) is 17.6 Å². The van der Waals surface area contributed by atoms with Crippen LogP contribution in [0.5, 0.6) is 0 Å². The van der Waals surface area contributed by atoms with Crippen molar-refractivity contribution in [1.29, 1.82) is 0 Å². The Labute approximate surface area is 108 Å². The van der Waals surface area contributed by atoms with Crippen molar-refractivity contribution in [3.8, 4) is 11.8 Å². The van der Waals surface area contributed by atoms with Crippen LogP contribution in [0.4, 0.5) is 0 Å². The number of rotatable bonds is 4. The minimum atomic E-state index is -0.144. The van der Waals surface area contributed by atoms with Gasteiger partial charge in [-0.3, -0.25) is 4.79 Å². The van der Waals surface area contributed by atoms with Gasteiger partial charge in [-0.2, -0.15) is 0 Å². The van der Waals surface area contributed by atoms with Crippen molar-refractivity contribution in [2.24, 2.45) is 5.92 Å². The number of hydrogen-bond donors (Lipinski definition) is 2. The SMILES string of the molecule is CC(C)CC(=O)NCc1cccc(C#CCO)c1. The van der Waals surface area contributed by atoms with Crippen LogP contribution in [0.1, 0.15) is 31.4 Å². The zero-order valence-corrected chi connectivity index (χ0v) is 10.9. The molecule has 0 aliphatic rings. The highest BCUT2D eigenvalue weighted by Gasteiger charge is 2.04. The summed E-state index contributed by atoms with van der Waals surface area (Å²) in [6.07, 6.45) is 0.546. The second-order valence-electron chi connectivity index (χ2n) is 4.53. The topological polar surface area (TPSA) is 49.3 Å². The fourth-order valence-corrected chi connectivity index (χ4v) is 1.54. The monoisotopic (exact) mass is 245 g/mol. The molecule has 0 aromatic heterocycles. The number of hydrogen-bond acceptors (Lipinski definition) is 2. The van der Waals surface area contributed by atoms with E-state index in [0.717, 1.165) is 11.1 Å². The number of nitrogens with one attached hydrogen (secondary N) is 1. The molecule has 1 aromatic rings. The maximum Gasteiger partial charge on any atom is 0.220 e. The van der Waals surface area contributed by atoms with Crippen LogP contribution in [0.2, 0.25) is 0 Å². The largest absolute Gasteiger partial charge is 0.384 e. The molecule has 3 heteroatoms. The molecule has 2 N–H and O–H groups in total. The Morgan fingerprint density at radius 2 is 2.22 bits per heavy atom. The zero-order valence-electron chi connectivity index (χ0n) is 10.9.